The van der Waals surface area contributed by atoms with Gasteiger partial charge in [-0.25, -0.2) is 4.98 Å². The molecule has 1 saturated carbocycles. The number of nitrogens with two attached hydrogens (primary N) is 2. The van der Waals surface area contributed by atoms with Crippen molar-refractivity contribution in [3.05, 3.63) is 15.1 Å². The maximum atomic E-state index is 6.09. The number of fused-ring (bicyclic) bond motifs is 1. The second-order valence-corrected chi connectivity index (χ2v) is 6.79. The summed E-state index contributed by atoms with van der Waals surface area (Å²) in [6.07, 6.45) is 5.89. The monoisotopic (exact) mass is 402 g/mol. The Bertz CT molecular complexity index is 632. The Labute approximate surface area is 133 Å². The third kappa shape index (κ3) is 2.51. The van der Waals surface area contributed by atoms with Crippen molar-refractivity contribution in [1.82, 2.24) is 14.6 Å². The second-order valence-electron chi connectivity index (χ2n) is 5.14. The molecule has 0 spiro atoms. The number of halogens is 2. The van der Waals surface area contributed by atoms with E-state index in [1.165, 1.54) is 0 Å². The van der Waals surface area contributed by atoms with E-state index in [-0.39, 0.29) is 0 Å². The molecule has 0 radical (unpaired) electrons. The zero-order valence-corrected chi connectivity index (χ0v) is 14.0. The Kier molecular flexibility index (Phi) is 3.87. The molecule has 6 nitrogen and oxygen atoms in total. The van der Waals surface area contributed by atoms with Crippen molar-refractivity contribution in [2.45, 2.75) is 37.8 Å². The fraction of sp³-hybridized carbons (Fsp3) is 0.500. The topological polar surface area (TPSA) is 94.3 Å². The highest BCUT2D eigenvalue weighted by Crippen LogP contribution is 2.32. The minimum absolute atomic E-state index is 0.334. The van der Waals surface area contributed by atoms with Crippen LogP contribution in [-0.4, -0.2) is 26.7 Å². The molecule has 0 bridgehead atoms. The van der Waals surface area contributed by atoms with Gasteiger partial charge in [-0.05, 0) is 57.5 Å². The summed E-state index contributed by atoms with van der Waals surface area (Å²) >= 11 is 6.93. The summed E-state index contributed by atoms with van der Waals surface area (Å²) in [5.74, 6) is 1.30. The smallest absolute Gasteiger partial charge is 0.173 e. The first-order valence-electron chi connectivity index (χ1n) is 6.56. The Hall–Kier alpha value is -0.860. The van der Waals surface area contributed by atoms with Crippen molar-refractivity contribution in [1.29, 1.82) is 0 Å². The van der Waals surface area contributed by atoms with Crippen LogP contribution in [0, 0.1) is 0 Å². The molecule has 0 saturated heterocycles. The normalized spacial score (nSPS) is 23.1. The first kappa shape index (κ1) is 14.1. The molecule has 8 heteroatoms. The molecule has 1 aliphatic carbocycles. The van der Waals surface area contributed by atoms with E-state index in [1.54, 1.807) is 10.7 Å². The Morgan fingerprint density at radius 1 is 1.25 bits per heavy atom. The van der Waals surface area contributed by atoms with Crippen LogP contribution in [0.1, 0.15) is 25.7 Å². The summed E-state index contributed by atoms with van der Waals surface area (Å²) in [6.45, 7) is 0. The predicted octanol–water partition coefficient (Wildman–Crippen LogP) is 2.52. The molecule has 1 aliphatic rings. The Morgan fingerprint density at radius 3 is 2.65 bits per heavy atom. The van der Waals surface area contributed by atoms with Crippen LogP contribution < -0.4 is 16.8 Å². The molecule has 20 heavy (non-hydrogen) atoms. The standard InChI is InChI=1S/C12H16Br2N6/c13-8-5-17-20-10(16)9(14)11(19-12(8)20)18-7-3-1-6(15)2-4-7/h5-7H,1-4,15-16H2,(H,18,19)/t6-,7+. The van der Waals surface area contributed by atoms with Crippen molar-refractivity contribution in [3.63, 3.8) is 0 Å². The van der Waals surface area contributed by atoms with Crippen LogP contribution in [0.15, 0.2) is 15.1 Å². The van der Waals surface area contributed by atoms with Crippen LogP contribution in [0.2, 0.25) is 0 Å². The molecule has 1 fully saturated rings. The molecule has 3 rings (SSSR count). The van der Waals surface area contributed by atoms with Crippen LogP contribution in [0.25, 0.3) is 5.65 Å². The molecule has 0 unspecified atom stereocenters. The minimum Gasteiger partial charge on any atom is -0.383 e. The van der Waals surface area contributed by atoms with Gasteiger partial charge in [-0.3, -0.25) is 0 Å². The highest BCUT2D eigenvalue weighted by molar-refractivity contribution is 9.11. The first-order chi connectivity index (χ1) is 9.56. The van der Waals surface area contributed by atoms with Gasteiger partial charge in [0.05, 0.1) is 10.7 Å². The van der Waals surface area contributed by atoms with Crippen molar-refractivity contribution >= 4 is 49.1 Å². The molecule has 5 N–H and O–H groups in total. The molecular weight excluding hydrogens is 388 g/mol. The van der Waals surface area contributed by atoms with Gasteiger partial charge in [-0.1, -0.05) is 0 Å². The van der Waals surface area contributed by atoms with Crippen LogP contribution in [0.3, 0.4) is 0 Å². The van der Waals surface area contributed by atoms with E-state index < -0.39 is 0 Å². The molecule has 2 heterocycles. The third-order valence-electron chi connectivity index (χ3n) is 3.69. The summed E-state index contributed by atoms with van der Waals surface area (Å²) in [7, 11) is 0. The lowest BCUT2D eigenvalue weighted by molar-refractivity contribution is 0.410. The van der Waals surface area contributed by atoms with Crippen molar-refractivity contribution in [2.24, 2.45) is 5.73 Å². The molecule has 0 aliphatic heterocycles. The third-order valence-corrected chi connectivity index (χ3v) is 5.03. The maximum absolute atomic E-state index is 6.09. The van der Waals surface area contributed by atoms with Crippen LogP contribution in [0.4, 0.5) is 11.6 Å². The Morgan fingerprint density at radius 2 is 1.95 bits per heavy atom. The zero-order valence-electron chi connectivity index (χ0n) is 10.8. The van der Waals surface area contributed by atoms with Gasteiger partial charge < -0.3 is 16.8 Å². The zero-order chi connectivity index (χ0) is 14.3. The highest BCUT2D eigenvalue weighted by Gasteiger charge is 2.21. The van der Waals surface area contributed by atoms with Crippen molar-refractivity contribution in [2.75, 3.05) is 11.1 Å². The van der Waals surface area contributed by atoms with E-state index in [2.05, 4.69) is 47.3 Å². The van der Waals surface area contributed by atoms with E-state index in [0.29, 0.717) is 23.5 Å². The van der Waals surface area contributed by atoms with Crippen LogP contribution >= 0.6 is 31.9 Å². The number of nitrogens with one attached hydrogen (secondary N) is 1. The number of hydrogen-bond donors (Lipinski definition) is 3. The van der Waals surface area contributed by atoms with E-state index >= 15 is 0 Å². The van der Waals surface area contributed by atoms with Crippen molar-refractivity contribution in [3.8, 4) is 0 Å². The molecule has 2 aromatic rings. The number of aromatic nitrogens is 3. The first-order valence-corrected chi connectivity index (χ1v) is 8.15. The number of hydrogen-bond acceptors (Lipinski definition) is 5. The van der Waals surface area contributed by atoms with Crippen molar-refractivity contribution < 1.29 is 0 Å². The lowest BCUT2D eigenvalue weighted by Crippen LogP contribution is -2.33. The van der Waals surface area contributed by atoms with Gasteiger partial charge in [0.2, 0.25) is 0 Å². The SMILES string of the molecule is Nc1c(Br)c(N[C@H]2CC[C@@H](N)CC2)nc2c(Br)cnn12. The van der Waals surface area contributed by atoms with Gasteiger partial charge in [-0.2, -0.15) is 9.61 Å². The van der Waals surface area contributed by atoms with Gasteiger partial charge in [0.25, 0.3) is 0 Å². The fourth-order valence-electron chi connectivity index (χ4n) is 2.52. The average molecular weight is 404 g/mol. The summed E-state index contributed by atoms with van der Waals surface area (Å²) in [5.41, 5.74) is 12.7. The number of anilines is 2. The van der Waals surface area contributed by atoms with E-state index in [4.69, 9.17) is 11.5 Å². The van der Waals surface area contributed by atoms with Gasteiger partial charge in [0, 0.05) is 12.1 Å². The number of nitrogens with zero attached hydrogens (tertiary/aromatic N) is 3. The van der Waals surface area contributed by atoms with Gasteiger partial charge in [0.15, 0.2) is 5.65 Å². The summed E-state index contributed by atoms with van der Waals surface area (Å²) in [6, 6.07) is 0.725. The van der Waals surface area contributed by atoms with Crippen LogP contribution in [-0.2, 0) is 0 Å². The second kappa shape index (κ2) is 5.50. The highest BCUT2D eigenvalue weighted by atomic mass is 79.9. The molecular formula is C12H16Br2N6. The lowest BCUT2D eigenvalue weighted by Gasteiger charge is -2.27. The van der Waals surface area contributed by atoms with E-state index in [1.807, 2.05) is 0 Å². The number of rotatable bonds is 2. The van der Waals surface area contributed by atoms with E-state index in [0.717, 1.165) is 40.4 Å². The van der Waals surface area contributed by atoms with Gasteiger partial charge in [-0.15, -0.1) is 0 Å². The number of nitrogen functional groups attached to an aromatic ring is 1. The summed E-state index contributed by atoms with van der Waals surface area (Å²) in [5, 5.41) is 7.65. The molecule has 0 amide bonds. The van der Waals surface area contributed by atoms with E-state index in [9.17, 15) is 0 Å². The summed E-state index contributed by atoms with van der Waals surface area (Å²) in [4.78, 5) is 4.59. The van der Waals surface area contributed by atoms with Gasteiger partial charge >= 0.3 is 0 Å². The predicted molar refractivity (Wildman–Crippen MR) is 86.7 cm³/mol. The maximum Gasteiger partial charge on any atom is 0.173 e. The minimum atomic E-state index is 0.334. The van der Waals surface area contributed by atoms with Gasteiger partial charge in [0.1, 0.15) is 16.1 Å². The molecule has 2 aromatic heterocycles. The molecule has 0 atom stereocenters. The Balaban J connectivity index is 1.91. The average Bonchev–Trinajstić information content (AvgIpc) is 2.80. The van der Waals surface area contributed by atoms with Crippen LogP contribution in [0.5, 0.6) is 0 Å². The fourth-order valence-corrected chi connectivity index (χ4v) is 3.24. The lowest BCUT2D eigenvalue weighted by atomic mass is 9.92. The molecule has 0 aromatic carbocycles. The largest absolute Gasteiger partial charge is 0.383 e. The molecule has 108 valence electrons. The quantitative estimate of drug-likeness (QED) is 0.716. The summed E-state index contributed by atoms with van der Waals surface area (Å²) < 4.78 is 3.18.